The molecule has 3 rings (SSSR count). The van der Waals surface area contributed by atoms with E-state index in [1.165, 1.54) is 10.8 Å². The Morgan fingerprint density at radius 1 is 1.46 bits per heavy atom. The molecule has 0 fully saturated rings. The van der Waals surface area contributed by atoms with Crippen molar-refractivity contribution in [2.45, 2.75) is 13.8 Å². The highest BCUT2D eigenvalue weighted by Crippen LogP contribution is 2.22. The summed E-state index contributed by atoms with van der Waals surface area (Å²) in [5.74, 6) is -1.16. The van der Waals surface area contributed by atoms with Crippen molar-refractivity contribution in [3.8, 4) is 5.13 Å². The number of nitrogens with zero attached hydrogens (tertiary/aromatic N) is 4. The molecule has 24 heavy (non-hydrogen) atoms. The minimum Gasteiger partial charge on any atom is -0.462 e. The highest BCUT2D eigenvalue weighted by atomic mass is 35.5. The Balaban J connectivity index is 2.40. The largest absolute Gasteiger partial charge is 0.462 e. The van der Waals surface area contributed by atoms with Crippen LogP contribution in [0.2, 0.25) is 5.15 Å². The quantitative estimate of drug-likeness (QED) is 0.521. The van der Waals surface area contributed by atoms with Crippen molar-refractivity contribution in [2.24, 2.45) is 0 Å². The van der Waals surface area contributed by atoms with Gasteiger partial charge in [0, 0.05) is 17.7 Å². The maximum absolute atomic E-state index is 13.8. The molecule has 0 aromatic carbocycles. The monoisotopic (exact) mass is 368 g/mol. The van der Waals surface area contributed by atoms with Crippen LogP contribution in [0.15, 0.2) is 17.1 Å². The number of carbonyl (C=O) groups excluding carboxylic acids is 1. The smallest absolute Gasteiger partial charge is 0.343 e. The van der Waals surface area contributed by atoms with Crippen LogP contribution < -0.4 is 5.43 Å². The Bertz CT molecular complexity index is 1020. The van der Waals surface area contributed by atoms with E-state index in [0.29, 0.717) is 11.0 Å². The van der Waals surface area contributed by atoms with Crippen molar-refractivity contribution in [1.29, 1.82) is 0 Å². The van der Waals surface area contributed by atoms with E-state index in [1.54, 1.807) is 13.8 Å². The molecule has 0 saturated heterocycles. The van der Waals surface area contributed by atoms with Gasteiger partial charge < -0.3 is 4.74 Å². The Morgan fingerprint density at radius 2 is 2.21 bits per heavy atom. The molecule has 7 nitrogen and oxygen atoms in total. The molecule has 0 radical (unpaired) electrons. The van der Waals surface area contributed by atoms with E-state index in [4.69, 9.17) is 16.3 Å². The van der Waals surface area contributed by atoms with Crippen molar-refractivity contribution in [3.63, 3.8) is 0 Å². The fourth-order valence-corrected chi connectivity index (χ4v) is 2.88. The topological polar surface area (TPSA) is 87.0 Å². The van der Waals surface area contributed by atoms with E-state index < -0.39 is 17.2 Å². The molecule has 0 bridgehead atoms. The number of aryl methyl sites for hydroxylation is 1. The van der Waals surface area contributed by atoms with Crippen LogP contribution in [0, 0.1) is 12.7 Å². The van der Waals surface area contributed by atoms with Gasteiger partial charge in [0.05, 0.1) is 12.0 Å². The molecule has 0 unspecified atom stereocenters. The zero-order valence-corrected chi connectivity index (χ0v) is 14.1. The zero-order valence-electron chi connectivity index (χ0n) is 12.5. The molecule has 0 atom stereocenters. The van der Waals surface area contributed by atoms with Gasteiger partial charge >= 0.3 is 5.97 Å². The summed E-state index contributed by atoms with van der Waals surface area (Å²) in [6.07, 6.45) is 1.25. The lowest BCUT2D eigenvalue weighted by Crippen LogP contribution is -2.21. The first-order chi connectivity index (χ1) is 11.4. The Morgan fingerprint density at radius 3 is 2.83 bits per heavy atom. The summed E-state index contributed by atoms with van der Waals surface area (Å²) in [6.45, 7) is 3.41. The average Bonchev–Trinajstić information content (AvgIpc) is 2.96. The summed E-state index contributed by atoms with van der Waals surface area (Å²) >= 11 is 6.77. The van der Waals surface area contributed by atoms with Crippen LogP contribution in [0.1, 0.15) is 23.1 Å². The lowest BCUT2D eigenvalue weighted by molar-refractivity contribution is 0.0524. The van der Waals surface area contributed by atoms with Crippen molar-refractivity contribution in [2.75, 3.05) is 6.61 Å². The summed E-state index contributed by atoms with van der Waals surface area (Å²) in [4.78, 5) is 32.6. The van der Waals surface area contributed by atoms with Gasteiger partial charge in [-0.1, -0.05) is 11.6 Å². The summed E-state index contributed by atoms with van der Waals surface area (Å²) in [5.41, 5.74) is -0.861. The van der Waals surface area contributed by atoms with Crippen LogP contribution in [-0.4, -0.2) is 31.5 Å². The minimum absolute atomic E-state index is 0.0793. The number of halogens is 2. The van der Waals surface area contributed by atoms with Crippen molar-refractivity contribution in [1.82, 2.24) is 18.9 Å². The molecular formula is C14H10ClFN4O3S. The summed E-state index contributed by atoms with van der Waals surface area (Å²) < 4.78 is 24.1. The summed E-state index contributed by atoms with van der Waals surface area (Å²) in [5, 5.41) is -0.130. The first-order valence-electron chi connectivity index (χ1n) is 6.81. The number of esters is 1. The normalized spacial score (nSPS) is 11.0. The van der Waals surface area contributed by atoms with Crippen LogP contribution in [0.4, 0.5) is 4.39 Å². The van der Waals surface area contributed by atoms with Gasteiger partial charge in [-0.25, -0.2) is 19.2 Å². The van der Waals surface area contributed by atoms with Gasteiger partial charge in [-0.3, -0.25) is 9.36 Å². The number of ether oxygens (including phenoxy) is 1. The number of pyridine rings is 2. The maximum atomic E-state index is 13.8. The average molecular weight is 369 g/mol. The third-order valence-corrected chi connectivity index (χ3v) is 4.18. The zero-order chi connectivity index (χ0) is 17.4. The second kappa shape index (κ2) is 6.25. The van der Waals surface area contributed by atoms with Gasteiger partial charge in [0.25, 0.3) is 0 Å². The van der Waals surface area contributed by atoms with E-state index in [0.717, 1.165) is 17.6 Å². The fraction of sp³-hybridized carbons (Fsp3) is 0.214. The predicted molar refractivity (Wildman–Crippen MR) is 86.5 cm³/mol. The number of hydrogen-bond donors (Lipinski definition) is 0. The number of aromatic nitrogens is 4. The molecule has 0 aliphatic rings. The SMILES string of the molecule is CCOC(=O)c1cn(-c2nc(C)ns2)c2nc(Cl)c(F)cc2c1=O. The highest BCUT2D eigenvalue weighted by molar-refractivity contribution is 7.08. The lowest BCUT2D eigenvalue weighted by atomic mass is 10.2. The van der Waals surface area contributed by atoms with Gasteiger partial charge in [0.2, 0.25) is 10.6 Å². The van der Waals surface area contributed by atoms with E-state index in [1.807, 2.05) is 0 Å². The molecular weight excluding hydrogens is 359 g/mol. The molecule has 10 heteroatoms. The summed E-state index contributed by atoms with van der Waals surface area (Å²) in [6, 6.07) is 0.945. The Hall–Kier alpha value is -2.39. The van der Waals surface area contributed by atoms with Gasteiger partial charge in [-0.15, -0.1) is 0 Å². The second-order valence-electron chi connectivity index (χ2n) is 4.72. The summed E-state index contributed by atoms with van der Waals surface area (Å²) in [7, 11) is 0. The molecule has 0 aliphatic carbocycles. The molecule has 0 saturated carbocycles. The molecule has 0 spiro atoms. The van der Waals surface area contributed by atoms with Gasteiger partial charge in [-0.05, 0) is 19.9 Å². The molecule has 3 aromatic heterocycles. The fourth-order valence-electron chi connectivity index (χ4n) is 2.09. The highest BCUT2D eigenvalue weighted by Gasteiger charge is 2.21. The van der Waals surface area contributed by atoms with E-state index in [9.17, 15) is 14.0 Å². The molecule has 124 valence electrons. The lowest BCUT2D eigenvalue weighted by Gasteiger charge is -2.10. The van der Waals surface area contributed by atoms with Gasteiger partial charge in [-0.2, -0.15) is 4.37 Å². The number of rotatable bonds is 3. The van der Waals surface area contributed by atoms with Crippen molar-refractivity contribution in [3.05, 3.63) is 44.8 Å². The van der Waals surface area contributed by atoms with Crippen LogP contribution in [0.5, 0.6) is 0 Å². The van der Waals surface area contributed by atoms with Gasteiger partial charge in [0.1, 0.15) is 11.4 Å². The van der Waals surface area contributed by atoms with E-state index in [-0.39, 0.29) is 28.4 Å². The Labute approximate surface area is 143 Å². The third-order valence-electron chi connectivity index (χ3n) is 3.11. The number of hydrogen-bond acceptors (Lipinski definition) is 7. The van der Waals surface area contributed by atoms with Crippen molar-refractivity contribution >= 4 is 40.1 Å². The van der Waals surface area contributed by atoms with Crippen molar-refractivity contribution < 1.29 is 13.9 Å². The minimum atomic E-state index is -0.859. The van der Waals surface area contributed by atoms with Crippen LogP contribution in [0.25, 0.3) is 16.2 Å². The Kier molecular flexibility index (Phi) is 4.29. The number of fused-ring (bicyclic) bond motifs is 1. The molecule has 0 amide bonds. The molecule has 3 heterocycles. The van der Waals surface area contributed by atoms with Crippen LogP contribution in [0.3, 0.4) is 0 Å². The number of carbonyl (C=O) groups is 1. The maximum Gasteiger partial charge on any atom is 0.343 e. The van der Waals surface area contributed by atoms with Crippen LogP contribution >= 0.6 is 23.1 Å². The first-order valence-corrected chi connectivity index (χ1v) is 7.96. The molecule has 0 N–H and O–H groups in total. The van der Waals surface area contributed by atoms with E-state index >= 15 is 0 Å². The van der Waals surface area contributed by atoms with E-state index in [2.05, 4.69) is 14.3 Å². The van der Waals surface area contributed by atoms with Gasteiger partial charge in [0.15, 0.2) is 16.6 Å². The first kappa shape index (κ1) is 16.5. The predicted octanol–water partition coefficient (Wildman–Crippen LogP) is 2.51. The third kappa shape index (κ3) is 2.76. The molecule has 0 aliphatic heterocycles. The second-order valence-corrected chi connectivity index (χ2v) is 5.81. The standard InChI is InChI=1S/C14H10ClFN4O3S/c1-3-23-13(22)8-5-20(14-17-6(2)19-24-14)12-7(10(8)21)4-9(16)11(15)18-12/h4-5H,3H2,1-2H3. The molecule has 3 aromatic rings. The van der Waals surface area contributed by atoms with Crippen LogP contribution in [-0.2, 0) is 4.74 Å².